The standard InChI is InChI=1S/C28H38Br2F2N4/c1-5-9-11-13-15-35-23(7-3)33-27(29)25(35)19-17-22(32)20(18-21(19)31)26-28(30)34-24(8-4)36(26)16-14-12-10-6-2/h17-18H,5-16H2,1-4H3. The Kier molecular flexibility index (Phi) is 11.2. The quantitative estimate of drug-likeness (QED) is 0.167. The maximum Gasteiger partial charge on any atom is 0.133 e. The minimum atomic E-state index is -0.465. The lowest BCUT2D eigenvalue weighted by molar-refractivity contribution is 0.562. The molecule has 0 radical (unpaired) electrons. The van der Waals surface area contributed by atoms with E-state index in [2.05, 4.69) is 55.7 Å². The van der Waals surface area contributed by atoms with Crippen LogP contribution >= 0.6 is 31.9 Å². The van der Waals surface area contributed by atoms with Crippen LogP contribution in [0.4, 0.5) is 8.78 Å². The first-order chi connectivity index (χ1) is 17.4. The van der Waals surface area contributed by atoms with E-state index in [0.29, 0.717) is 20.6 Å². The van der Waals surface area contributed by atoms with Crippen molar-refractivity contribution in [2.75, 3.05) is 0 Å². The van der Waals surface area contributed by atoms with E-state index < -0.39 is 11.6 Å². The highest BCUT2D eigenvalue weighted by molar-refractivity contribution is 9.10. The summed E-state index contributed by atoms with van der Waals surface area (Å²) in [5.74, 6) is 0.816. The summed E-state index contributed by atoms with van der Waals surface area (Å²) in [6.07, 6.45) is 10.2. The van der Waals surface area contributed by atoms with Crippen molar-refractivity contribution in [1.82, 2.24) is 19.1 Å². The van der Waals surface area contributed by atoms with Crippen LogP contribution in [0, 0.1) is 11.6 Å². The van der Waals surface area contributed by atoms with Gasteiger partial charge >= 0.3 is 0 Å². The van der Waals surface area contributed by atoms with Gasteiger partial charge in [-0.25, -0.2) is 18.7 Å². The molecule has 2 heterocycles. The highest BCUT2D eigenvalue weighted by Gasteiger charge is 2.24. The smallest absolute Gasteiger partial charge is 0.133 e. The molecule has 0 aliphatic rings. The molecule has 8 heteroatoms. The fraction of sp³-hybridized carbons (Fsp3) is 0.571. The number of hydrogen-bond acceptors (Lipinski definition) is 2. The molecule has 0 unspecified atom stereocenters. The average molecular weight is 628 g/mol. The molecule has 0 bridgehead atoms. The Bertz CT molecular complexity index is 1060. The van der Waals surface area contributed by atoms with Crippen LogP contribution < -0.4 is 0 Å². The van der Waals surface area contributed by atoms with E-state index in [-0.39, 0.29) is 11.1 Å². The molecular weight excluding hydrogens is 590 g/mol. The molecule has 0 aliphatic carbocycles. The molecule has 0 amide bonds. The van der Waals surface area contributed by atoms with Gasteiger partial charge in [-0.1, -0.05) is 66.2 Å². The number of unbranched alkanes of at least 4 members (excludes halogenated alkanes) is 6. The van der Waals surface area contributed by atoms with Gasteiger partial charge in [0.15, 0.2) is 0 Å². The van der Waals surface area contributed by atoms with E-state index in [1.807, 2.05) is 23.0 Å². The summed E-state index contributed by atoms with van der Waals surface area (Å²) < 4.78 is 36.7. The zero-order valence-electron chi connectivity index (χ0n) is 21.9. The van der Waals surface area contributed by atoms with Gasteiger partial charge in [-0.05, 0) is 56.8 Å². The molecule has 36 heavy (non-hydrogen) atoms. The van der Waals surface area contributed by atoms with Crippen LogP contribution in [-0.2, 0) is 25.9 Å². The Balaban J connectivity index is 2.04. The number of halogens is 4. The Morgan fingerprint density at radius 2 is 1.03 bits per heavy atom. The van der Waals surface area contributed by atoms with E-state index in [4.69, 9.17) is 0 Å². The summed E-state index contributed by atoms with van der Waals surface area (Å²) in [5.41, 5.74) is 1.67. The highest BCUT2D eigenvalue weighted by atomic mass is 79.9. The largest absolute Gasteiger partial charge is 0.327 e. The van der Waals surface area contributed by atoms with Gasteiger partial charge in [0, 0.05) is 37.1 Å². The minimum Gasteiger partial charge on any atom is -0.327 e. The average Bonchev–Trinajstić information content (AvgIpc) is 3.35. The van der Waals surface area contributed by atoms with Gasteiger partial charge in [0.25, 0.3) is 0 Å². The van der Waals surface area contributed by atoms with Gasteiger partial charge in [-0.15, -0.1) is 0 Å². The van der Waals surface area contributed by atoms with Crippen molar-refractivity contribution >= 4 is 31.9 Å². The van der Waals surface area contributed by atoms with Crippen LogP contribution in [0.5, 0.6) is 0 Å². The van der Waals surface area contributed by atoms with Crippen molar-refractivity contribution in [2.45, 2.75) is 105 Å². The van der Waals surface area contributed by atoms with Crippen molar-refractivity contribution in [1.29, 1.82) is 0 Å². The molecule has 4 nitrogen and oxygen atoms in total. The first-order valence-electron chi connectivity index (χ1n) is 13.4. The Morgan fingerprint density at radius 3 is 1.36 bits per heavy atom. The number of nitrogens with zero attached hydrogens (tertiary/aromatic N) is 4. The molecule has 2 aromatic heterocycles. The van der Waals surface area contributed by atoms with E-state index in [1.54, 1.807) is 0 Å². The lowest BCUT2D eigenvalue weighted by Gasteiger charge is -2.15. The zero-order chi connectivity index (χ0) is 26.2. The molecule has 3 aromatic rings. The summed E-state index contributed by atoms with van der Waals surface area (Å²) in [4.78, 5) is 9.23. The molecule has 198 valence electrons. The van der Waals surface area contributed by atoms with Gasteiger partial charge in [-0.2, -0.15) is 0 Å². The van der Waals surface area contributed by atoms with Crippen LogP contribution in [0.3, 0.4) is 0 Å². The van der Waals surface area contributed by atoms with Gasteiger partial charge < -0.3 is 9.13 Å². The molecular formula is C28H38Br2F2N4. The second kappa shape index (κ2) is 13.8. The first-order valence-corrected chi connectivity index (χ1v) is 15.0. The van der Waals surface area contributed by atoms with Crippen LogP contribution in [0.25, 0.3) is 22.5 Å². The summed E-state index contributed by atoms with van der Waals surface area (Å²) in [6.45, 7) is 9.88. The normalized spacial score (nSPS) is 11.6. The second-order valence-corrected chi connectivity index (χ2v) is 10.8. The number of aromatic nitrogens is 4. The number of rotatable bonds is 14. The fourth-order valence-electron chi connectivity index (χ4n) is 4.77. The molecule has 0 spiro atoms. The number of imidazole rings is 2. The second-order valence-electron chi connectivity index (χ2n) is 9.28. The van der Waals surface area contributed by atoms with Crippen molar-refractivity contribution < 1.29 is 8.78 Å². The molecule has 0 fully saturated rings. The lowest BCUT2D eigenvalue weighted by atomic mass is 10.0. The Labute approximate surface area is 231 Å². The minimum absolute atomic E-state index is 0.228. The molecule has 1 aromatic carbocycles. The topological polar surface area (TPSA) is 35.6 Å². The summed E-state index contributed by atoms with van der Waals surface area (Å²) >= 11 is 7.05. The SMILES string of the molecule is CCCCCCn1c(CC)nc(Br)c1-c1cc(F)c(-c2c(Br)nc(CC)n2CCCCCC)cc1F. The van der Waals surface area contributed by atoms with E-state index >= 15 is 8.78 Å². The van der Waals surface area contributed by atoms with Crippen LogP contribution in [0.2, 0.25) is 0 Å². The summed E-state index contributed by atoms with van der Waals surface area (Å²) in [6, 6.07) is 2.64. The zero-order valence-corrected chi connectivity index (χ0v) is 25.1. The lowest BCUT2D eigenvalue weighted by Crippen LogP contribution is -2.08. The van der Waals surface area contributed by atoms with Crippen molar-refractivity contribution in [3.8, 4) is 22.5 Å². The van der Waals surface area contributed by atoms with Crippen molar-refractivity contribution in [3.63, 3.8) is 0 Å². The Hall–Kier alpha value is -1.54. The van der Waals surface area contributed by atoms with Gasteiger partial charge in [-0.3, -0.25) is 0 Å². The predicted octanol–water partition coefficient (Wildman–Crippen LogP) is 9.50. The third kappa shape index (κ3) is 6.47. The van der Waals surface area contributed by atoms with E-state index in [1.165, 1.54) is 12.1 Å². The molecule has 0 aliphatic heterocycles. The van der Waals surface area contributed by atoms with Crippen molar-refractivity contribution in [3.05, 3.63) is 44.6 Å². The van der Waals surface area contributed by atoms with Crippen LogP contribution in [0.1, 0.15) is 90.7 Å². The number of aryl methyl sites for hydroxylation is 2. The van der Waals surface area contributed by atoms with Crippen LogP contribution in [-0.4, -0.2) is 19.1 Å². The van der Waals surface area contributed by atoms with Gasteiger partial charge in [0.2, 0.25) is 0 Å². The molecule has 0 atom stereocenters. The molecule has 0 N–H and O–H groups in total. The molecule has 0 saturated carbocycles. The molecule has 0 saturated heterocycles. The van der Waals surface area contributed by atoms with Gasteiger partial charge in [0.1, 0.15) is 32.5 Å². The van der Waals surface area contributed by atoms with E-state index in [9.17, 15) is 0 Å². The third-order valence-electron chi connectivity index (χ3n) is 6.68. The Morgan fingerprint density at radius 1 is 0.639 bits per heavy atom. The highest BCUT2D eigenvalue weighted by Crippen LogP contribution is 2.38. The first kappa shape index (κ1) is 29.0. The predicted molar refractivity (Wildman–Crippen MR) is 151 cm³/mol. The molecule has 3 rings (SSSR count). The maximum atomic E-state index is 15.7. The number of benzene rings is 1. The van der Waals surface area contributed by atoms with Crippen LogP contribution in [0.15, 0.2) is 21.3 Å². The summed E-state index contributed by atoms with van der Waals surface area (Å²) in [5, 5.41) is 0. The van der Waals surface area contributed by atoms with Gasteiger partial charge in [0.05, 0.1) is 11.4 Å². The van der Waals surface area contributed by atoms with E-state index in [0.717, 1.165) is 88.9 Å². The fourth-order valence-corrected chi connectivity index (χ4v) is 6.04. The number of hydrogen-bond donors (Lipinski definition) is 0. The maximum absolute atomic E-state index is 15.7. The monoisotopic (exact) mass is 626 g/mol. The third-order valence-corrected chi connectivity index (χ3v) is 7.78. The van der Waals surface area contributed by atoms with Crippen molar-refractivity contribution in [2.24, 2.45) is 0 Å². The summed E-state index contributed by atoms with van der Waals surface area (Å²) in [7, 11) is 0.